The second-order valence-electron chi connectivity index (χ2n) is 8.58. The second-order valence-corrected chi connectivity index (χ2v) is 8.58. The molecule has 1 aliphatic carbocycles. The van der Waals surface area contributed by atoms with Crippen molar-refractivity contribution in [1.82, 2.24) is 5.32 Å². The molecular formula is C28H24NNaO4. The molecule has 0 bridgehead atoms. The summed E-state index contributed by atoms with van der Waals surface area (Å²) in [6.07, 6.45) is -1.20. The number of benzene rings is 4. The third kappa shape index (κ3) is 4.96. The molecule has 34 heavy (non-hydrogen) atoms. The van der Waals surface area contributed by atoms with E-state index in [1.165, 1.54) is 6.08 Å². The number of hydrogen-bond donors (Lipinski definition) is 3. The zero-order valence-electron chi connectivity index (χ0n) is 18.9. The van der Waals surface area contributed by atoms with Gasteiger partial charge < -0.3 is 25.4 Å². The molecule has 0 aliphatic heterocycles. The van der Waals surface area contributed by atoms with Crippen LogP contribution in [0.3, 0.4) is 0 Å². The maximum atomic E-state index is 11.5. The third-order valence-corrected chi connectivity index (χ3v) is 6.43. The number of aliphatic hydroxyl groups excluding tert-OH is 2. The van der Waals surface area contributed by atoms with Crippen molar-refractivity contribution in [2.75, 3.05) is 0 Å². The minimum absolute atomic E-state index is 0. The summed E-state index contributed by atoms with van der Waals surface area (Å²) in [5, 5.41) is 40.2. The van der Waals surface area contributed by atoms with Crippen molar-refractivity contribution in [3.63, 3.8) is 0 Å². The normalized spacial score (nSPS) is 20.2. The molecule has 166 valence electrons. The van der Waals surface area contributed by atoms with Gasteiger partial charge >= 0.3 is 29.6 Å². The topological polar surface area (TPSA) is 92.6 Å². The van der Waals surface area contributed by atoms with Gasteiger partial charge in [0.1, 0.15) is 6.10 Å². The van der Waals surface area contributed by atoms with Crippen LogP contribution in [0.15, 0.2) is 96.6 Å². The van der Waals surface area contributed by atoms with Crippen molar-refractivity contribution in [3.8, 4) is 0 Å². The minimum Gasteiger partial charge on any atom is -0.545 e. The van der Waals surface area contributed by atoms with Crippen LogP contribution in [0.1, 0.15) is 23.6 Å². The molecule has 0 aromatic heterocycles. The summed E-state index contributed by atoms with van der Waals surface area (Å²) >= 11 is 0. The van der Waals surface area contributed by atoms with Crippen LogP contribution in [-0.2, 0) is 4.79 Å². The molecule has 0 amide bonds. The fourth-order valence-electron chi connectivity index (χ4n) is 4.65. The average molecular weight is 461 g/mol. The fourth-order valence-corrected chi connectivity index (χ4v) is 4.65. The predicted molar refractivity (Wildman–Crippen MR) is 126 cm³/mol. The first kappa shape index (κ1) is 24.6. The Balaban J connectivity index is 0.00000274. The molecule has 0 unspecified atom stereocenters. The van der Waals surface area contributed by atoms with Crippen LogP contribution in [0, 0.1) is 0 Å². The smallest absolute Gasteiger partial charge is 0.545 e. The van der Waals surface area contributed by atoms with Gasteiger partial charge in [-0.1, -0.05) is 72.8 Å². The molecule has 1 aliphatic rings. The Morgan fingerprint density at radius 1 is 0.824 bits per heavy atom. The Labute approximate surface area is 220 Å². The van der Waals surface area contributed by atoms with Gasteiger partial charge in [-0.15, -0.1) is 0 Å². The van der Waals surface area contributed by atoms with E-state index < -0.39 is 24.2 Å². The summed E-state index contributed by atoms with van der Waals surface area (Å²) in [6.45, 7) is 0. The molecule has 0 radical (unpaired) electrons. The predicted octanol–water partition coefficient (Wildman–Crippen LogP) is -0.154. The minimum atomic E-state index is -1.33. The maximum Gasteiger partial charge on any atom is 1.00 e. The van der Waals surface area contributed by atoms with E-state index in [4.69, 9.17) is 0 Å². The molecule has 4 aromatic rings. The van der Waals surface area contributed by atoms with Crippen LogP contribution in [0.2, 0.25) is 0 Å². The Morgan fingerprint density at radius 2 is 1.32 bits per heavy atom. The van der Waals surface area contributed by atoms with Crippen molar-refractivity contribution < 1.29 is 49.7 Å². The largest absolute Gasteiger partial charge is 1.00 e. The van der Waals surface area contributed by atoms with Gasteiger partial charge in [0.15, 0.2) is 0 Å². The number of carboxylic acid groups (broad SMARTS) is 1. The number of fused-ring (bicyclic) bond motifs is 2. The molecule has 3 atom stereocenters. The van der Waals surface area contributed by atoms with Gasteiger partial charge in [0, 0.05) is 6.04 Å². The van der Waals surface area contributed by atoms with Gasteiger partial charge in [-0.3, -0.25) is 0 Å². The monoisotopic (exact) mass is 461 g/mol. The third-order valence-electron chi connectivity index (χ3n) is 6.43. The van der Waals surface area contributed by atoms with Gasteiger partial charge in [-0.05, 0) is 62.9 Å². The van der Waals surface area contributed by atoms with Crippen LogP contribution < -0.4 is 40.0 Å². The zero-order valence-corrected chi connectivity index (χ0v) is 20.9. The van der Waals surface area contributed by atoms with E-state index in [0.717, 1.165) is 32.7 Å². The molecule has 3 N–H and O–H groups in total. The van der Waals surface area contributed by atoms with Crippen molar-refractivity contribution in [2.45, 2.75) is 30.7 Å². The van der Waals surface area contributed by atoms with Crippen molar-refractivity contribution in [2.24, 2.45) is 0 Å². The Morgan fingerprint density at radius 3 is 1.82 bits per heavy atom. The molecule has 5 rings (SSSR count). The Bertz CT molecular complexity index is 1290. The van der Waals surface area contributed by atoms with Gasteiger partial charge in [-0.2, -0.15) is 0 Å². The number of nitrogens with one attached hydrogen (secondary N) is 1. The van der Waals surface area contributed by atoms with E-state index in [2.05, 4.69) is 41.7 Å². The summed E-state index contributed by atoms with van der Waals surface area (Å²) in [7, 11) is 0. The summed E-state index contributed by atoms with van der Waals surface area (Å²) in [5.74, 6) is -1.33. The van der Waals surface area contributed by atoms with Gasteiger partial charge in [-0.25, -0.2) is 0 Å². The summed E-state index contributed by atoms with van der Waals surface area (Å²) in [6, 6.07) is 27.6. The summed E-state index contributed by atoms with van der Waals surface area (Å²) in [4.78, 5) is 11.5. The second kappa shape index (κ2) is 10.4. The van der Waals surface area contributed by atoms with E-state index >= 15 is 0 Å². The molecule has 0 spiro atoms. The molecular weight excluding hydrogens is 437 g/mol. The summed E-state index contributed by atoms with van der Waals surface area (Å²) in [5.41, 5.74) is 1.95. The standard InChI is InChI=1S/C28H25NO4.Na/c30-25-16-23(28(32)33)15-24(27(25)31)29-26(21-11-9-17-5-1-3-7-19(17)13-21)22-12-10-18-6-2-4-8-20(18)14-22;/h1-14,16,24-27,29-31H,15H2,(H,32,33);/q;+1/p-1/t24-,25-,27+;/m1./s1. The van der Waals surface area contributed by atoms with E-state index in [1.807, 2.05) is 48.5 Å². The fraction of sp³-hybridized carbons (Fsp3) is 0.179. The number of rotatable bonds is 5. The molecule has 0 heterocycles. The quantitative estimate of drug-likeness (QED) is 0.360. The number of aliphatic hydroxyl groups is 2. The van der Waals surface area contributed by atoms with Crippen LogP contribution >= 0.6 is 0 Å². The van der Waals surface area contributed by atoms with Crippen molar-refractivity contribution in [1.29, 1.82) is 0 Å². The van der Waals surface area contributed by atoms with E-state index in [-0.39, 0.29) is 47.6 Å². The van der Waals surface area contributed by atoms with E-state index in [0.29, 0.717) is 0 Å². The molecule has 4 aromatic carbocycles. The molecule has 0 saturated carbocycles. The van der Waals surface area contributed by atoms with Crippen LogP contribution in [0.5, 0.6) is 0 Å². The zero-order chi connectivity index (χ0) is 22.9. The Kier molecular flexibility index (Phi) is 7.53. The first-order valence-corrected chi connectivity index (χ1v) is 11.0. The average Bonchev–Trinajstić information content (AvgIpc) is 2.84. The Hall–Kier alpha value is -2.51. The first-order chi connectivity index (χ1) is 16.0. The van der Waals surface area contributed by atoms with Crippen molar-refractivity contribution >= 4 is 27.5 Å². The molecule has 5 nitrogen and oxygen atoms in total. The maximum absolute atomic E-state index is 11.5. The number of carboxylic acids is 1. The van der Waals surface area contributed by atoms with Gasteiger partial charge in [0.2, 0.25) is 0 Å². The number of hydrogen-bond acceptors (Lipinski definition) is 5. The number of carbonyl (C=O) groups excluding carboxylic acids is 1. The molecule has 0 saturated heterocycles. The molecule has 6 heteroatoms. The van der Waals surface area contributed by atoms with Crippen LogP contribution in [-0.4, -0.2) is 34.4 Å². The number of aliphatic carboxylic acids is 1. The van der Waals surface area contributed by atoms with E-state index in [9.17, 15) is 20.1 Å². The van der Waals surface area contributed by atoms with Crippen molar-refractivity contribution in [3.05, 3.63) is 108 Å². The van der Waals surface area contributed by atoms with Crippen LogP contribution in [0.25, 0.3) is 21.5 Å². The SMILES string of the molecule is O=C([O-])C1=C[C@@H](O)[C@@H](O)[C@H](NC(c2ccc3ccccc3c2)c2ccc3ccccc3c2)C1.[Na+]. The van der Waals surface area contributed by atoms with Crippen LogP contribution in [0.4, 0.5) is 0 Å². The summed E-state index contributed by atoms with van der Waals surface area (Å²) < 4.78 is 0. The van der Waals surface area contributed by atoms with Gasteiger partial charge in [0.25, 0.3) is 0 Å². The van der Waals surface area contributed by atoms with E-state index in [1.54, 1.807) is 0 Å². The van der Waals surface area contributed by atoms with Gasteiger partial charge in [0.05, 0.1) is 18.1 Å². The molecule has 0 fully saturated rings. The first-order valence-electron chi connectivity index (χ1n) is 11.0. The number of carbonyl (C=O) groups is 1.